The van der Waals surface area contributed by atoms with Crippen LogP contribution in [0, 0.1) is 11.8 Å². The minimum Gasteiger partial charge on any atom is -0.454 e. The second-order valence-corrected chi connectivity index (χ2v) is 16.2. The number of hydrogen-bond acceptors (Lipinski definition) is 4. The van der Waals surface area contributed by atoms with Gasteiger partial charge in [0.2, 0.25) is 0 Å². The number of rotatable bonds is 7. The van der Waals surface area contributed by atoms with Gasteiger partial charge in [0.1, 0.15) is 5.76 Å². The maximum atomic E-state index is 13.3. The van der Waals surface area contributed by atoms with E-state index in [1.807, 2.05) is 37.3 Å². The van der Waals surface area contributed by atoms with Crippen LogP contribution in [0.1, 0.15) is 78.7 Å². The summed E-state index contributed by atoms with van der Waals surface area (Å²) in [6.07, 6.45) is 2.31. The lowest BCUT2D eigenvalue weighted by molar-refractivity contribution is 0.0925. The highest BCUT2D eigenvalue weighted by atomic mass is 28.4. The molecule has 0 spiro atoms. The van der Waals surface area contributed by atoms with Crippen LogP contribution in [0.5, 0.6) is 0 Å². The highest BCUT2D eigenvalue weighted by Gasteiger charge is 2.58. The molecule has 184 valence electrons. The Morgan fingerprint density at radius 1 is 1.09 bits per heavy atom. The van der Waals surface area contributed by atoms with Gasteiger partial charge in [-0.05, 0) is 48.4 Å². The lowest BCUT2D eigenvalue weighted by Crippen LogP contribution is -2.44. The third kappa shape index (κ3) is 4.73. The highest BCUT2D eigenvalue weighted by Crippen LogP contribution is 2.54. The summed E-state index contributed by atoms with van der Waals surface area (Å²) in [6.45, 7) is 13.4. The molecule has 2 unspecified atom stereocenters. The van der Waals surface area contributed by atoms with E-state index >= 15 is 0 Å². The average molecular weight is 483 g/mol. The van der Waals surface area contributed by atoms with Gasteiger partial charge in [-0.15, -0.1) is 0 Å². The van der Waals surface area contributed by atoms with E-state index in [1.165, 1.54) is 0 Å². The Morgan fingerprint density at radius 3 is 2.26 bits per heavy atom. The molecule has 2 N–H and O–H groups in total. The Labute approximate surface area is 204 Å². The van der Waals surface area contributed by atoms with Gasteiger partial charge in [0, 0.05) is 31.2 Å². The Hall–Kier alpha value is -2.38. The first-order valence-corrected chi connectivity index (χ1v) is 15.2. The SMILES string of the molecule is CNC(=O)c1cc(C(=O)NC2[C@H]3CC(O[Si](C)(C)C(C)(C)C)C[C@@H]23)c([C@@H](C)c2ccccc2)o1. The molecule has 2 aliphatic carbocycles. The van der Waals surface area contributed by atoms with Crippen molar-refractivity contribution in [3.8, 4) is 0 Å². The van der Waals surface area contributed by atoms with Gasteiger partial charge in [0.25, 0.3) is 11.8 Å². The van der Waals surface area contributed by atoms with Crippen molar-refractivity contribution in [3.05, 3.63) is 59.0 Å². The topological polar surface area (TPSA) is 80.6 Å². The number of fused-ring (bicyclic) bond motifs is 1. The summed E-state index contributed by atoms with van der Waals surface area (Å²) in [7, 11) is -0.233. The van der Waals surface area contributed by atoms with Crippen LogP contribution in [0.2, 0.25) is 18.1 Å². The van der Waals surface area contributed by atoms with Gasteiger partial charge in [-0.25, -0.2) is 0 Å². The number of carbonyl (C=O) groups excluding carboxylic acids is 2. The maximum Gasteiger partial charge on any atom is 0.286 e. The van der Waals surface area contributed by atoms with Crippen LogP contribution in [-0.2, 0) is 4.43 Å². The van der Waals surface area contributed by atoms with Gasteiger partial charge in [-0.2, -0.15) is 0 Å². The molecule has 0 bridgehead atoms. The standard InChI is InChI=1S/C27H38N2O4Si/c1-16(17-11-9-8-10-12-17)24-21(15-22(32-24)26(31)28-5)25(30)29-23-19-13-18(14-20(19)23)33-34(6,7)27(2,3)4/h8-12,15-16,18-20,23H,13-14H2,1-7H3,(H,28,31)(H,29,30)/t16-,18?,19-,20+,23?/m0/s1. The molecule has 2 fully saturated rings. The van der Waals surface area contributed by atoms with Gasteiger partial charge in [0.15, 0.2) is 14.1 Å². The van der Waals surface area contributed by atoms with Crippen molar-refractivity contribution in [3.63, 3.8) is 0 Å². The van der Waals surface area contributed by atoms with E-state index in [1.54, 1.807) is 13.1 Å². The molecule has 7 heteroatoms. The number of carbonyl (C=O) groups is 2. The lowest BCUT2D eigenvalue weighted by atomic mass is 9.96. The van der Waals surface area contributed by atoms with Crippen molar-refractivity contribution in [2.24, 2.45) is 11.8 Å². The smallest absolute Gasteiger partial charge is 0.286 e. The van der Waals surface area contributed by atoms with Crippen molar-refractivity contribution < 1.29 is 18.4 Å². The van der Waals surface area contributed by atoms with E-state index in [2.05, 4.69) is 44.5 Å². The van der Waals surface area contributed by atoms with Crippen molar-refractivity contribution in [2.45, 2.75) is 76.7 Å². The van der Waals surface area contributed by atoms with Gasteiger partial charge < -0.3 is 19.5 Å². The van der Waals surface area contributed by atoms with Crippen LogP contribution in [0.15, 0.2) is 40.8 Å². The summed E-state index contributed by atoms with van der Waals surface area (Å²) < 4.78 is 12.5. The first-order chi connectivity index (χ1) is 15.9. The molecule has 1 aromatic heterocycles. The van der Waals surface area contributed by atoms with E-state index in [0.717, 1.165) is 18.4 Å². The number of nitrogens with one attached hydrogen (secondary N) is 2. The molecule has 2 aliphatic rings. The van der Waals surface area contributed by atoms with Crippen molar-refractivity contribution >= 4 is 20.1 Å². The van der Waals surface area contributed by atoms with Gasteiger partial charge >= 0.3 is 0 Å². The van der Waals surface area contributed by atoms with Crippen LogP contribution < -0.4 is 10.6 Å². The Morgan fingerprint density at radius 2 is 1.71 bits per heavy atom. The molecule has 1 aromatic carbocycles. The van der Waals surface area contributed by atoms with Gasteiger partial charge in [-0.3, -0.25) is 9.59 Å². The summed E-state index contributed by atoms with van der Waals surface area (Å²) in [5.74, 6) is 0.961. The van der Waals surface area contributed by atoms with Crippen molar-refractivity contribution in [2.75, 3.05) is 7.05 Å². The van der Waals surface area contributed by atoms with Gasteiger partial charge in [-0.1, -0.05) is 58.0 Å². The largest absolute Gasteiger partial charge is 0.454 e. The van der Waals surface area contributed by atoms with Crippen LogP contribution in [-0.4, -0.2) is 39.3 Å². The number of benzene rings is 1. The molecule has 5 atom stereocenters. The second-order valence-electron chi connectivity index (χ2n) is 11.4. The Kier molecular flexibility index (Phi) is 6.55. The number of hydrogen-bond donors (Lipinski definition) is 2. The van der Waals surface area contributed by atoms with E-state index in [0.29, 0.717) is 29.3 Å². The summed E-state index contributed by atoms with van der Waals surface area (Å²) >= 11 is 0. The molecular formula is C27H38N2O4Si. The fraction of sp³-hybridized carbons (Fsp3) is 0.556. The van der Waals surface area contributed by atoms with Crippen molar-refractivity contribution in [1.29, 1.82) is 0 Å². The first kappa shape index (κ1) is 24.7. The molecule has 4 rings (SSSR count). The Balaban J connectivity index is 1.44. The van der Waals surface area contributed by atoms with Crippen LogP contribution in [0.3, 0.4) is 0 Å². The predicted octanol–water partition coefficient (Wildman–Crippen LogP) is 5.32. The minimum absolute atomic E-state index is 0.151. The third-order valence-corrected chi connectivity index (χ3v) is 12.7. The Bertz CT molecular complexity index is 1040. The maximum absolute atomic E-state index is 13.3. The molecule has 0 radical (unpaired) electrons. The molecule has 1 heterocycles. The zero-order valence-corrected chi connectivity index (χ0v) is 22.4. The predicted molar refractivity (Wildman–Crippen MR) is 136 cm³/mol. The summed E-state index contributed by atoms with van der Waals surface area (Å²) in [6, 6.07) is 11.6. The average Bonchev–Trinajstić information content (AvgIpc) is 3.14. The molecule has 2 aromatic rings. The van der Waals surface area contributed by atoms with Gasteiger partial charge in [0.05, 0.1) is 5.56 Å². The van der Waals surface area contributed by atoms with Crippen LogP contribution in [0.4, 0.5) is 0 Å². The van der Waals surface area contributed by atoms with E-state index in [4.69, 9.17) is 8.84 Å². The second kappa shape index (κ2) is 9.00. The zero-order chi connectivity index (χ0) is 24.8. The fourth-order valence-electron chi connectivity index (χ4n) is 4.96. The van der Waals surface area contributed by atoms with Crippen LogP contribution >= 0.6 is 0 Å². The molecular weight excluding hydrogens is 444 g/mol. The fourth-order valence-corrected chi connectivity index (χ4v) is 6.34. The molecule has 6 nitrogen and oxygen atoms in total. The highest BCUT2D eigenvalue weighted by molar-refractivity contribution is 6.74. The molecule has 2 saturated carbocycles. The molecule has 2 amide bonds. The monoisotopic (exact) mass is 482 g/mol. The zero-order valence-electron chi connectivity index (χ0n) is 21.4. The molecule has 0 saturated heterocycles. The molecule has 0 aliphatic heterocycles. The normalized spacial score (nSPS) is 24.9. The number of furan rings is 1. The summed E-state index contributed by atoms with van der Waals surface area (Å²) in [5, 5.41) is 6.01. The van der Waals surface area contributed by atoms with E-state index in [-0.39, 0.29) is 34.6 Å². The summed E-state index contributed by atoms with van der Waals surface area (Å²) in [4.78, 5) is 25.5. The van der Waals surface area contributed by atoms with Crippen LogP contribution in [0.25, 0.3) is 0 Å². The third-order valence-electron chi connectivity index (χ3n) is 8.12. The van der Waals surface area contributed by atoms with E-state index < -0.39 is 8.32 Å². The quantitative estimate of drug-likeness (QED) is 0.524. The summed E-state index contributed by atoms with van der Waals surface area (Å²) in [5.41, 5.74) is 1.47. The molecule has 34 heavy (non-hydrogen) atoms. The first-order valence-electron chi connectivity index (χ1n) is 12.3. The minimum atomic E-state index is -1.79. The van der Waals surface area contributed by atoms with Crippen molar-refractivity contribution in [1.82, 2.24) is 10.6 Å². The number of amides is 2. The lowest BCUT2D eigenvalue weighted by Gasteiger charge is -2.39. The van der Waals surface area contributed by atoms with E-state index in [9.17, 15) is 9.59 Å².